The van der Waals surface area contributed by atoms with Crippen molar-refractivity contribution >= 4 is 35.6 Å². The van der Waals surface area contributed by atoms with Crippen molar-refractivity contribution < 1.29 is 14.3 Å². The van der Waals surface area contributed by atoms with Gasteiger partial charge in [-0.1, -0.05) is 6.92 Å². The van der Waals surface area contributed by atoms with Crippen molar-refractivity contribution in [1.29, 1.82) is 0 Å². The molecule has 2 N–H and O–H groups in total. The maximum absolute atomic E-state index is 12.3. The molecule has 3 rings (SSSR count). The zero-order valence-corrected chi connectivity index (χ0v) is 14.8. The van der Waals surface area contributed by atoms with Crippen LogP contribution in [0.1, 0.15) is 19.8 Å². The number of nitrogens with one attached hydrogen (secondary N) is 2. The summed E-state index contributed by atoms with van der Waals surface area (Å²) < 4.78 is 5.36. The van der Waals surface area contributed by atoms with E-state index in [9.17, 15) is 9.59 Å². The largest absolute Gasteiger partial charge is 0.495 e. The van der Waals surface area contributed by atoms with Gasteiger partial charge in [0.1, 0.15) is 5.75 Å². The average Bonchev–Trinajstić information content (AvgIpc) is 2.91. The van der Waals surface area contributed by atoms with Crippen LogP contribution in [0.3, 0.4) is 0 Å². The molecule has 0 bridgehead atoms. The van der Waals surface area contributed by atoms with Crippen LogP contribution in [0.2, 0.25) is 0 Å². The molecule has 132 valence electrons. The van der Waals surface area contributed by atoms with Gasteiger partial charge in [0.05, 0.1) is 12.8 Å². The molecule has 2 heterocycles. The van der Waals surface area contributed by atoms with Crippen molar-refractivity contribution in [3.8, 4) is 5.75 Å². The van der Waals surface area contributed by atoms with Gasteiger partial charge in [-0.15, -0.1) is 12.4 Å². The lowest BCUT2D eigenvalue weighted by atomic mass is 9.88. The van der Waals surface area contributed by atoms with Crippen molar-refractivity contribution in [2.75, 3.05) is 37.0 Å². The molecule has 0 aromatic heterocycles. The first-order chi connectivity index (χ1) is 11.1. The second-order valence-corrected chi connectivity index (χ2v) is 6.23. The van der Waals surface area contributed by atoms with Crippen LogP contribution in [-0.4, -0.2) is 38.6 Å². The molecule has 2 saturated heterocycles. The summed E-state index contributed by atoms with van der Waals surface area (Å²) in [7, 11) is 1.59. The zero-order valence-electron chi connectivity index (χ0n) is 14.0. The Kier molecular flexibility index (Phi) is 6.07. The number of methoxy groups -OCH3 is 1. The van der Waals surface area contributed by atoms with Crippen LogP contribution in [0, 0.1) is 11.8 Å². The Hall–Kier alpha value is -1.79. The molecule has 1 aromatic rings. The van der Waals surface area contributed by atoms with Crippen LogP contribution in [0.5, 0.6) is 5.75 Å². The molecule has 6 nitrogen and oxygen atoms in total. The second-order valence-electron chi connectivity index (χ2n) is 6.23. The lowest BCUT2D eigenvalue weighted by molar-refractivity contribution is -0.121. The van der Waals surface area contributed by atoms with Crippen molar-refractivity contribution in [2.45, 2.75) is 19.8 Å². The number of anilines is 2. The van der Waals surface area contributed by atoms with Gasteiger partial charge in [0.15, 0.2) is 0 Å². The van der Waals surface area contributed by atoms with Crippen LogP contribution in [0.4, 0.5) is 11.4 Å². The van der Waals surface area contributed by atoms with Gasteiger partial charge in [-0.05, 0) is 43.6 Å². The Labute approximate surface area is 148 Å². The Balaban J connectivity index is 0.00000208. The van der Waals surface area contributed by atoms with E-state index >= 15 is 0 Å². The molecule has 0 spiro atoms. The molecule has 2 fully saturated rings. The topological polar surface area (TPSA) is 70.7 Å². The minimum Gasteiger partial charge on any atom is -0.495 e. The summed E-state index contributed by atoms with van der Waals surface area (Å²) in [5.41, 5.74) is 1.43. The van der Waals surface area contributed by atoms with Crippen LogP contribution < -0.4 is 20.3 Å². The second kappa shape index (κ2) is 7.85. The number of amides is 2. The van der Waals surface area contributed by atoms with E-state index in [1.807, 2.05) is 19.1 Å². The Morgan fingerprint density at radius 1 is 1.42 bits per heavy atom. The van der Waals surface area contributed by atoms with Gasteiger partial charge in [0.25, 0.3) is 0 Å². The quantitative estimate of drug-likeness (QED) is 0.849. The highest BCUT2D eigenvalue weighted by Crippen LogP contribution is 2.34. The predicted octanol–water partition coefficient (Wildman–Crippen LogP) is 2.04. The lowest BCUT2D eigenvalue weighted by Gasteiger charge is -2.31. The van der Waals surface area contributed by atoms with Gasteiger partial charge >= 0.3 is 0 Å². The van der Waals surface area contributed by atoms with Crippen molar-refractivity contribution in [3.63, 3.8) is 0 Å². The van der Waals surface area contributed by atoms with Gasteiger partial charge < -0.3 is 20.3 Å². The van der Waals surface area contributed by atoms with Crippen LogP contribution in [0.15, 0.2) is 18.2 Å². The number of halogens is 1. The molecule has 0 radical (unpaired) electrons. The number of rotatable bonds is 5. The molecular weight excluding hydrogens is 330 g/mol. The van der Waals surface area contributed by atoms with Gasteiger partial charge in [-0.2, -0.15) is 0 Å². The monoisotopic (exact) mass is 353 g/mol. The third-order valence-corrected chi connectivity index (χ3v) is 4.74. The molecule has 2 aliphatic rings. The minimum atomic E-state index is -0.0322. The normalized spacial score (nSPS) is 18.6. The molecule has 2 amide bonds. The highest BCUT2D eigenvalue weighted by atomic mass is 35.5. The molecule has 1 aromatic carbocycles. The molecule has 24 heavy (non-hydrogen) atoms. The molecule has 0 aliphatic carbocycles. The molecule has 2 aliphatic heterocycles. The highest BCUT2D eigenvalue weighted by molar-refractivity contribution is 5.99. The summed E-state index contributed by atoms with van der Waals surface area (Å²) in [6.07, 6.45) is 1.41. The molecule has 1 unspecified atom stereocenters. The smallest absolute Gasteiger partial charge is 0.227 e. The van der Waals surface area contributed by atoms with E-state index < -0.39 is 0 Å². The Morgan fingerprint density at radius 2 is 2.17 bits per heavy atom. The number of ether oxygens (including phenoxy) is 1. The summed E-state index contributed by atoms with van der Waals surface area (Å²) in [5, 5.41) is 6.15. The maximum atomic E-state index is 12.3. The fraction of sp³-hybridized carbons (Fsp3) is 0.529. The average molecular weight is 354 g/mol. The SMILES string of the molecule is COc1ccc(NC(=O)C(C)C2CNC2)cc1N1CCCC1=O.Cl. The van der Waals surface area contributed by atoms with Gasteiger partial charge in [0.2, 0.25) is 11.8 Å². The Bertz CT molecular complexity index is 619. The fourth-order valence-corrected chi connectivity index (χ4v) is 3.02. The first-order valence-electron chi connectivity index (χ1n) is 8.10. The minimum absolute atomic E-state index is 0. The van der Waals surface area contributed by atoms with Crippen LogP contribution in [-0.2, 0) is 9.59 Å². The van der Waals surface area contributed by atoms with E-state index in [-0.39, 0.29) is 30.1 Å². The number of benzene rings is 1. The van der Waals surface area contributed by atoms with E-state index in [0.717, 1.165) is 25.2 Å². The summed E-state index contributed by atoms with van der Waals surface area (Å²) in [5.74, 6) is 1.12. The Morgan fingerprint density at radius 3 is 2.71 bits per heavy atom. The van der Waals surface area contributed by atoms with E-state index in [1.165, 1.54) is 0 Å². The van der Waals surface area contributed by atoms with E-state index in [4.69, 9.17) is 4.74 Å². The lowest BCUT2D eigenvalue weighted by Crippen LogP contribution is -2.48. The number of carbonyl (C=O) groups is 2. The third-order valence-electron chi connectivity index (χ3n) is 4.74. The van der Waals surface area contributed by atoms with Crippen molar-refractivity contribution in [3.05, 3.63) is 18.2 Å². The summed E-state index contributed by atoms with van der Waals surface area (Å²) in [4.78, 5) is 26.1. The molecule has 0 saturated carbocycles. The maximum Gasteiger partial charge on any atom is 0.227 e. The number of hydrogen-bond acceptors (Lipinski definition) is 4. The third kappa shape index (κ3) is 3.65. The first-order valence-corrected chi connectivity index (χ1v) is 8.10. The summed E-state index contributed by atoms with van der Waals surface area (Å²) >= 11 is 0. The highest BCUT2D eigenvalue weighted by Gasteiger charge is 2.29. The molecule has 1 atom stereocenters. The van der Waals surface area contributed by atoms with E-state index in [0.29, 0.717) is 30.3 Å². The van der Waals surface area contributed by atoms with Crippen LogP contribution >= 0.6 is 12.4 Å². The summed E-state index contributed by atoms with van der Waals surface area (Å²) in [6.45, 7) is 4.43. The van der Waals surface area contributed by atoms with Gasteiger partial charge in [0, 0.05) is 24.6 Å². The number of nitrogens with zero attached hydrogens (tertiary/aromatic N) is 1. The van der Waals surface area contributed by atoms with Crippen LogP contribution in [0.25, 0.3) is 0 Å². The molecular formula is C17H24ClN3O3. The standard InChI is InChI=1S/C17H23N3O3.ClH/c1-11(12-9-18-10-12)17(22)19-13-5-6-15(23-2)14(8-13)20-7-3-4-16(20)21;/h5-6,8,11-12,18H,3-4,7,9-10H2,1-2H3,(H,19,22);1H. The van der Waals surface area contributed by atoms with E-state index in [2.05, 4.69) is 10.6 Å². The summed E-state index contributed by atoms with van der Waals surface area (Å²) in [6, 6.07) is 5.43. The fourth-order valence-electron chi connectivity index (χ4n) is 3.02. The number of carbonyl (C=O) groups excluding carboxylic acids is 2. The van der Waals surface area contributed by atoms with Crippen molar-refractivity contribution in [2.24, 2.45) is 11.8 Å². The van der Waals surface area contributed by atoms with E-state index in [1.54, 1.807) is 18.1 Å². The predicted molar refractivity (Wildman–Crippen MR) is 96.0 cm³/mol. The molecule has 7 heteroatoms. The first kappa shape index (κ1) is 18.5. The van der Waals surface area contributed by atoms with Crippen molar-refractivity contribution in [1.82, 2.24) is 5.32 Å². The van der Waals surface area contributed by atoms with Gasteiger partial charge in [-0.3, -0.25) is 9.59 Å². The number of hydrogen-bond donors (Lipinski definition) is 2. The zero-order chi connectivity index (χ0) is 16.4. The van der Waals surface area contributed by atoms with Gasteiger partial charge in [-0.25, -0.2) is 0 Å².